The number of nitrogens with one attached hydrogen (secondary N) is 3. The first-order valence-electron chi connectivity index (χ1n) is 29.2. The van der Waals surface area contributed by atoms with Gasteiger partial charge in [-0.05, 0) is 55.9 Å². The SMILES string of the molecule is CCCN(CCC)C(=O)CCC(=O)NCCOCCOCCOCCOCC(=O)N(C)C(C(=O)N[C@H](C(=O)N(C)C(C(C)CC)C(CC(=O)N1CCCC1C(OC)C(C)C(=O)N[C@@H](C)[C@H](O)c1ccccc1)OC)C(C)C)C(C)C. The maximum Gasteiger partial charge on any atom is 0.249 e. The average Bonchev–Trinajstić information content (AvgIpc) is 3.93. The van der Waals surface area contributed by atoms with E-state index in [1.54, 1.807) is 47.7 Å². The minimum Gasteiger partial charge on any atom is -0.386 e. The Labute approximate surface area is 478 Å². The van der Waals surface area contributed by atoms with Crippen molar-refractivity contribution in [1.29, 1.82) is 0 Å². The quantitative estimate of drug-likeness (QED) is 0.0666. The third-order valence-corrected chi connectivity index (χ3v) is 15.0. The lowest BCUT2D eigenvalue weighted by Gasteiger charge is -2.41. The lowest BCUT2D eigenvalue weighted by Crippen LogP contribution is -2.60. The number of hydrogen-bond donors (Lipinski definition) is 4. The molecule has 7 amide bonds. The van der Waals surface area contributed by atoms with Gasteiger partial charge >= 0.3 is 0 Å². The Morgan fingerprint density at radius 2 is 1.30 bits per heavy atom. The zero-order valence-electron chi connectivity index (χ0n) is 51.0. The summed E-state index contributed by atoms with van der Waals surface area (Å²) in [7, 11) is 6.26. The molecular weight excluding hydrogens is 1030 g/mol. The molecule has 4 N–H and O–H groups in total. The molecule has 1 aromatic rings. The number of nitrogens with zero attached hydrogens (tertiary/aromatic N) is 4. The fourth-order valence-corrected chi connectivity index (χ4v) is 10.3. The highest BCUT2D eigenvalue weighted by Crippen LogP contribution is 2.30. The van der Waals surface area contributed by atoms with Gasteiger partial charge in [0.2, 0.25) is 41.4 Å². The first-order valence-corrected chi connectivity index (χ1v) is 29.2. The summed E-state index contributed by atoms with van der Waals surface area (Å²) in [5.74, 6) is -3.41. The van der Waals surface area contributed by atoms with E-state index in [4.69, 9.17) is 28.4 Å². The maximum absolute atomic E-state index is 14.6. The number of benzene rings is 1. The van der Waals surface area contributed by atoms with Crippen molar-refractivity contribution < 1.29 is 67.1 Å². The summed E-state index contributed by atoms with van der Waals surface area (Å²) in [6, 6.07) is 5.67. The van der Waals surface area contributed by atoms with Gasteiger partial charge in [0, 0.05) is 67.3 Å². The molecule has 1 heterocycles. The fraction of sp³-hybridized carbons (Fsp3) is 0.780. The molecule has 10 atom stereocenters. The molecule has 80 heavy (non-hydrogen) atoms. The highest BCUT2D eigenvalue weighted by atomic mass is 16.6. The van der Waals surface area contributed by atoms with E-state index < -0.39 is 66.3 Å². The molecule has 0 saturated carbocycles. The lowest BCUT2D eigenvalue weighted by molar-refractivity contribution is -0.149. The van der Waals surface area contributed by atoms with E-state index >= 15 is 0 Å². The van der Waals surface area contributed by atoms with Gasteiger partial charge in [-0.15, -0.1) is 0 Å². The summed E-state index contributed by atoms with van der Waals surface area (Å²) in [5, 5.41) is 19.6. The van der Waals surface area contributed by atoms with E-state index in [0.29, 0.717) is 84.0 Å². The Kier molecular flexibility index (Phi) is 34.6. The standard InChI is InChI=1S/C59H103N7O14/c1-15-28-65(29-16-2)49(68)26-25-48(67)60-27-31-77-32-33-78-34-35-79-36-37-80-39-51(70)63(11)53(41(6)7)58(73)62-52(40(4)5)59(74)64(12)54(42(8)17-3)47(75-13)38-50(69)66-30-21-24-46(66)56(76-14)43(9)57(72)61-44(10)55(71)45-22-19-18-20-23-45/h18-20,22-23,40-44,46-47,52-56,71H,15-17,21,24-39H2,1-14H3,(H,60,67)(H,61,72)(H,62,73)/t42?,43?,44-,46?,47?,52-,53?,54?,55-,56?/m0/s1. The number of likely N-dealkylation sites (N-methyl/N-ethyl adjacent to an activating group) is 2. The molecule has 0 radical (unpaired) electrons. The van der Waals surface area contributed by atoms with Gasteiger partial charge in [-0.1, -0.05) is 99.1 Å². The number of methoxy groups -OCH3 is 2. The number of amides is 7. The van der Waals surface area contributed by atoms with Crippen molar-refractivity contribution in [3.63, 3.8) is 0 Å². The van der Waals surface area contributed by atoms with Crippen LogP contribution in [0.4, 0.5) is 0 Å². The first-order chi connectivity index (χ1) is 38.1. The van der Waals surface area contributed by atoms with Gasteiger partial charge in [-0.25, -0.2) is 0 Å². The van der Waals surface area contributed by atoms with Gasteiger partial charge in [-0.3, -0.25) is 33.6 Å². The van der Waals surface area contributed by atoms with Crippen LogP contribution in [-0.2, 0) is 62.0 Å². The van der Waals surface area contributed by atoms with E-state index in [2.05, 4.69) is 16.0 Å². The number of aliphatic hydroxyl groups is 1. The third-order valence-electron chi connectivity index (χ3n) is 15.0. The highest BCUT2D eigenvalue weighted by molar-refractivity contribution is 5.92. The number of aliphatic hydroxyl groups excluding tert-OH is 1. The number of rotatable bonds is 41. The monoisotopic (exact) mass is 1130 g/mol. The van der Waals surface area contributed by atoms with Crippen molar-refractivity contribution in [3.8, 4) is 0 Å². The van der Waals surface area contributed by atoms with Crippen LogP contribution < -0.4 is 16.0 Å². The van der Waals surface area contributed by atoms with Crippen LogP contribution in [0.5, 0.6) is 0 Å². The lowest BCUT2D eigenvalue weighted by atomic mass is 9.89. The van der Waals surface area contributed by atoms with Gasteiger partial charge in [0.1, 0.15) is 18.7 Å². The predicted molar refractivity (Wildman–Crippen MR) is 306 cm³/mol. The fourth-order valence-electron chi connectivity index (χ4n) is 10.3. The molecule has 21 nitrogen and oxygen atoms in total. The van der Waals surface area contributed by atoms with E-state index in [9.17, 15) is 38.7 Å². The Bertz CT molecular complexity index is 1980. The van der Waals surface area contributed by atoms with Gasteiger partial charge < -0.3 is 69.1 Å². The molecule has 7 unspecified atom stereocenters. The van der Waals surface area contributed by atoms with E-state index in [-0.39, 0.29) is 86.4 Å². The second-order valence-corrected chi connectivity index (χ2v) is 21.8. The van der Waals surface area contributed by atoms with Crippen LogP contribution in [0.25, 0.3) is 0 Å². The molecule has 1 aromatic carbocycles. The molecule has 0 aliphatic carbocycles. The number of ether oxygens (including phenoxy) is 6. The molecule has 0 spiro atoms. The van der Waals surface area contributed by atoms with Crippen LogP contribution in [0.2, 0.25) is 0 Å². The summed E-state index contributed by atoms with van der Waals surface area (Å²) in [5.41, 5.74) is 0.685. The molecule has 1 fully saturated rings. The van der Waals surface area contributed by atoms with E-state index in [0.717, 1.165) is 12.8 Å². The van der Waals surface area contributed by atoms with Crippen molar-refractivity contribution in [1.82, 2.24) is 35.6 Å². The van der Waals surface area contributed by atoms with Crippen molar-refractivity contribution in [2.45, 2.75) is 169 Å². The predicted octanol–water partition coefficient (Wildman–Crippen LogP) is 4.38. The molecule has 0 aromatic heterocycles. The normalized spacial score (nSPS) is 16.9. The van der Waals surface area contributed by atoms with Crippen LogP contribution in [0, 0.1) is 23.7 Å². The summed E-state index contributed by atoms with van der Waals surface area (Å²) in [6.07, 6.45) is 1.77. The van der Waals surface area contributed by atoms with E-state index in [1.807, 2.05) is 73.6 Å². The Morgan fingerprint density at radius 1 is 0.713 bits per heavy atom. The molecule has 1 saturated heterocycles. The Morgan fingerprint density at radius 3 is 1.84 bits per heavy atom. The molecule has 1 aliphatic rings. The molecule has 1 aliphatic heterocycles. The zero-order valence-corrected chi connectivity index (χ0v) is 51.0. The van der Waals surface area contributed by atoms with Crippen molar-refractivity contribution >= 4 is 41.4 Å². The van der Waals surface area contributed by atoms with Gasteiger partial charge in [0.15, 0.2) is 0 Å². The topological polar surface area (TPSA) is 244 Å². The number of hydrogen-bond acceptors (Lipinski definition) is 14. The van der Waals surface area contributed by atoms with Crippen LogP contribution in [0.15, 0.2) is 30.3 Å². The minimum absolute atomic E-state index is 0.000694. The second kappa shape index (κ2) is 38.8. The summed E-state index contributed by atoms with van der Waals surface area (Å²) >= 11 is 0. The summed E-state index contributed by atoms with van der Waals surface area (Å²) in [6.45, 7) is 22.7. The maximum atomic E-state index is 14.6. The van der Waals surface area contributed by atoms with Crippen LogP contribution in [-0.4, -0.2) is 216 Å². The third kappa shape index (κ3) is 23.6. The van der Waals surface area contributed by atoms with Crippen molar-refractivity contribution in [2.75, 3.05) is 107 Å². The Hall–Kier alpha value is -4.77. The van der Waals surface area contributed by atoms with Gasteiger partial charge in [-0.2, -0.15) is 0 Å². The van der Waals surface area contributed by atoms with Gasteiger partial charge in [0.05, 0.1) is 95.0 Å². The van der Waals surface area contributed by atoms with E-state index in [1.165, 1.54) is 26.2 Å². The van der Waals surface area contributed by atoms with Crippen molar-refractivity contribution in [2.24, 2.45) is 23.7 Å². The minimum atomic E-state index is -0.974. The average molecular weight is 1130 g/mol. The smallest absolute Gasteiger partial charge is 0.249 e. The second-order valence-electron chi connectivity index (χ2n) is 21.8. The van der Waals surface area contributed by atoms with Gasteiger partial charge in [0.25, 0.3) is 0 Å². The highest BCUT2D eigenvalue weighted by Gasteiger charge is 2.44. The molecule has 2 rings (SSSR count). The molecule has 0 bridgehead atoms. The van der Waals surface area contributed by atoms with Crippen LogP contribution in [0.1, 0.15) is 132 Å². The first kappa shape index (κ1) is 71.3. The zero-order chi connectivity index (χ0) is 59.9. The summed E-state index contributed by atoms with van der Waals surface area (Å²) < 4.78 is 34.3. The molecule has 21 heteroatoms. The van der Waals surface area contributed by atoms with Crippen LogP contribution in [0.3, 0.4) is 0 Å². The largest absolute Gasteiger partial charge is 0.386 e. The number of likely N-dealkylation sites (tertiary alicyclic amines) is 1. The van der Waals surface area contributed by atoms with Crippen molar-refractivity contribution in [3.05, 3.63) is 35.9 Å². The number of carbonyl (C=O) groups excluding carboxylic acids is 7. The molecule has 458 valence electrons. The Balaban J connectivity index is 1.90. The number of carbonyl (C=O) groups is 7. The summed E-state index contributed by atoms with van der Waals surface area (Å²) in [4.78, 5) is 101. The molecular formula is C59H103N7O14. The van der Waals surface area contributed by atoms with Crippen LogP contribution >= 0.6 is 0 Å².